The molecule has 4 aromatic rings. The molecule has 0 saturated carbocycles. The highest BCUT2D eigenvalue weighted by Crippen LogP contribution is 2.35. The van der Waals surface area contributed by atoms with Gasteiger partial charge in [-0.05, 0) is 42.8 Å². The van der Waals surface area contributed by atoms with Crippen LogP contribution in [0.5, 0.6) is 0 Å². The van der Waals surface area contributed by atoms with Gasteiger partial charge in [-0.1, -0.05) is 70.0 Å². The minimum atomic E-state index is -3.77. The van der Waals surface area contributed by atoms with Crippen molar-refractivity contribution in [2.45, 2.75) is 11.8 Å². The van der Waals surface area contributed by atoms with E-state index in [-0.39, 0.29) is 4.90 Å². The highest BCUT2D eigenvalue weighted by molar-refractivity contribution is 9.10. The molecule has 6 heteroatoms. The Morgan fingerprint density at radius 1 is 0.857 bits per heavy atom. The van der Waals surface area contributed by atoms with Crippen molar-refractivity contribution in [2.75, 3.05) is 4.72 Å². The molecule has 1 heterocycles. The molecule has 0 bridgehead atoms. The lowest BCUT2D eigenvalue weighted by Gasteiger charge is -2.14. The van der Waals surface area contributed by atoms with Crippen LogP contribution in [-0.2, 0) is 10.0 Å². The van der Waals surface area contributed by atoms with Gasteiger partial charge in [0.05, 0.1) is 10.4 Å². The van der Waals surface area contributed by atoms with E-state index in [1.165, 1.54) is 0 Å². The van der Waals surface area contributed by atoms with Gasteiger partial charge in [0.1, 0.15) is 5.82 Å². The second kappa shape index (κ2) is 7.37. The molecule has 0 amide bonds. The zero-order chi connectivity index (χ0) is 19.7. The summed E-state index contributed by atoms with van der Waals surface area (Å²) in [6, 6.07) is 24.0. The van der Waals surface area contributed by atoms with Crippen molar-refractivity contribution in [3.05, 3.63) is 88.9 Å². The van der Waals surface area contributed by atoms with Crippen LogP contribution in [0.1, 0.15) is 5.56 Å². The smallest absolute Gasteiger partial charge is 0.263 e. The maximum absolute atomic E-state index is 13.0. The molecule has 4 rings (SSSR count). The lowest BCUT2D eigenvalue weighted by molar-refractivity contribution is 0.601. The van der Waals surface area contributed by atoms with Gasteiger partial charge in [-0.3, -0.25) is 4.72 Å². The zero-order valence-corrected chi connectivity index (χ0v) is 17.5. The fourth-order valence-corrected chi connectivity index (χ4v) is 4.50. The van der Waals surface area contributed by atoms with Crippen molar-refractivity contribution < 1.29 is 8.42 Å². The summed E-state index contributed by atoms with van der Waals surface area (Å²) in [5.74, 6) is 0.297. The Bertz CT molecular complexity index is 1270. The number of benzene rings is 3. The predicted octanol–water partition coefficient (Wildman–Crippen LogP) is 5.77. The van der Waals surface area contributed by atoms with Gasteiger partial charge in [0, 0.05) is 15.4 Å². The van der Waals surface area contributed by atoms with Gasteiger partial charge in [0.15, 0.2) is 0 Å². The summed E-state index contributed by atoms with van der Waals surface area (Å²) in [5.41, 5.74) is 3.29. The first-order valence-corrected chi connectivity index (χ1v) is 11.0. The number of rotatable bonds is 4. The van der Waals surface area contributed by atoms with Crippen molar-refractivity contribution in [1.82, 2.24) is 4.98 Å². The average molecular weight is 453 g/mol. The van der Waals surface area contributed by atoms with E-state index >= 15 is 0 Å². The van der Waals surface area contributed by atoms with Gasteiger partial charge < -0.3 is 0 Å². The lowest BCUT2D eigenvalue weighted by Crippen LogP contribution is -2.15. The molecule has 0 radical (unpaired) electrons. The standard InChI is InChI=1S/C22H17BrN2O2S/c1-15-10-12-17(13-11-15)28(26,27)25-22-19(18-7-3-4-8-20(18)23)14-16-6-2-5-9-21(16)24-22/h2-14H,1H3,(H,24,25). The molecule has 0 aliphatic rings. The highest BCUT2D eigenvalue weighted by Gasteiger charge is 2.19. The van der Waals surface area contributed by atoms with Gasteiger partial charge in [-0.15, -0.1) is 0 Å². The van der Waals surface area contributed by atoms with E-state index in [2.05, 4.69) is 25.6 Å². The molecule has 28 heavy (non-hydrogen) atoms. The fraction of sp³-hybridized carbons (Fsp3) is 0.0455. The molecule has 0 fully saturated rings. The minimum absolute atomic E-state index is 0.200. The van der Waals surface area contributed by atoms with E-state index in [0.717, 1.165) is 26.5 Å². The number of sulfonamides is 1. The molecule has 0 aliphatic heterocycles. The first-order chi connectivity index (χ1) is 13.4. The third-order valence-corrected chi connectivity index (χ3v) is 6.50. The maximum atomic E-state index is 13.0. The Kier molecular flexibility index (Phi) is 4.91. The summed E-state index contributed by atoms with van der Waals surface area (Å²) in [5, 5.41) is 0.937. The third-order valence-electron chi connectivity index (χ3n) is 4.45. The molecular weight excluding hydrogens is 436 g/mol. The van der Waals surface area contributed by atoms with Crippen LogP contribution in [0, 0.1) is 6.92 Å². The predicted molar refractivity (Wildman–Crippen MR) is 117 cm³/mol. The van der Waals surface area contributed by atoms with Crippen LogP contribution in [0.3, 0.4) is 0 Å². The molecule has 1 aromatic heterocycles. The van der Waals surface area contributed by atoms with Crippen LogP contribution in [0.15, 0.2) is 88.2 Å². The van der Waals surface area contributed by atoms with Crippen LogP contribution in [0.2, 0.25) is 0 Å². The Morgan fingerprint density at radius 2 is 1.54 bits per heavy atom. The number of aromatic nitrogens is 1. The lowest BCUT2D eigenvalue weighted by atomic mass is 10.0. The van der Waals surface area contributed by atoms with Crippen LogP contribution < -0.4 is 4.72 Å². The number of anilines is 1. The Hall–Kier alpha value is -2.70. The summed E-state index contributed by atoms with van der Waals surface area (Å²) in [4.78, 5) is 4.81. The monoisotopic (exact) mass is 452 g/mol. The molecule has 4 nitrogen and oxygen atoms in total. The summed E-state index contributed by atoms with van der Waals surface area (Å²) < 4.78 is 29.5. The molecule has 0 aliphatic carbocycles. The Balaban J connectivity index is 1.89. The van der Waals surface area contributed by atoms with Gasteiger partial charge in [-0.25, -0.2) is 13.4 Å². The topological polar surface area (TPSA) is 59.1 Å². The number of nitrogens with zero attached hydrogens (tertiary/aromatic N) is 1. The van der Waals surface area contributed by atoms with E-state index in [1.807, 2.05) is 61.5 Å². The van der Waals surface area contributed by atoms with Crippen molar-refractivity contribution in [2.24, 2.45) is 0 Å². The van der Waals surface area contributed by atoms with Crippen LogP contribution in [-0.4, -0.2) is 13.4 Å². The number of aryl methyl sites for hydroxylation is 1. The summed E-state index contributed by atoms with van der Waals surface area (Å²) >= 11 is 3.56. The SMILES string of the molecule is Cc1ccc(S(=O)(=O)Nc2nc3ccccc3cc2-c2ccccc2Br)cc1. The van der Waals surface area contributed by atoms with Crippen LogP contribution in [0.4, 0.5) is 5.82 Å². The fourth-order valence-electron chi connectivity index (χ4n) is 2.98. The number of hydrogen-bond acceptors (Lipinski definition) is 3. The first kappa shape index (κ1) is 18.7. The molecule has 140 valence electrons. The summed E-state index contributed by atoms with van der Waals surface area (Å²) in [6.07, 6.45) is 0. The van der Waals surface area contributed by atoms with Crippen LogP contribution >= 0.6 is 15.9 Å². The van der Waals surface area contributed by atoms with E-state index in [0.29, 0.717) is 11.4 Å². The minimum Gasteiger partial charge on any atom is -0.263 e. The van der Waals surface area contributed by atoms with Gasteiger partial charge in [-0.2, -0.15) is 0 Å². The number of fused-ring (bicyclic) bond motifs is 1. The number of nitrogens with one attached hydrogen (secondary N) is 1. The van der Waals surface area contributed by atoms with Crippen molar-refractivity contribution >= 4 is 42.7 Å². The summed E-state index contributed by atoms with van der Waals surface area (Å²) in [7, 11) is -3.77. The number of para-hydroxylation sites is 1. The van der Waals surface area contributed by atoms with E-state index in [1.54, 1.807) is 24.3 Å². The first-order valence-electron chi connectivity index (χ1n) is 8.68. The third kappa shape index (κ3) is 3.66. The maximum Gasteiger partial charge on any atom is 0.263 e. The highest BCUT2D eigenvalue weighted by atomic mass is 79.9. The molecule has 0 spiro atoms. The van der Waals surface area contributed by atoms with Crippen LogP contribution in [0.25, 0.3) is 22.0 Å². The van der Waals surface area contributed by atoms with Gasteiger partial charge in [0.2, 0.25) is 0 Å². The number of hydrogen-bond donors (Lipinski definition) is 1. The van der Waals surface area contributed by atoms with Crippen molar-refractivity contribution in [1.29, 1.82) is 0 Å². The Morgan fingerprint density at radius 3 is 2.29 bits per heavy atom. The molecule has 1 N–H and O–H groups in total. The van der Waals surface area contributed by atoms with Crippen molar-refractivity contribution in [3.63, 3.8) is 0 Å². The van der Waals surface area contributed by atoms with Gasteiger partial charge >= 0.3 is 0 Å². The van der Waals surface area contributed by atoms with E-state index in [9.17, 15) is 8.42 Å². The van der Waals surface area contributed by atoms with Crippen molar-refractivity contribution in [3.8, 4) is 11.1 Å². The van der Waals surface area contributed by atoms with Gasteiger partial charge in [0.25, 0.3) is 10.0 Å². The molecule has 0 atom stereocenters. The summed E-state index contributed by atoms with van der Waals surface area (Å²) in [6.45, 7) is 1.92. The molecule has 3 aromatic carbocycles. The average Bonchev–Trinajstić information content (AvgIpc) is 2.68. The second-order valence-electron chi connectivity index (χ2n) is 6.48. The molecular formula is C22H17BrN2O2S. The number of pyridine rings is 1. The van der Waals surface area contributed by atoms with E-state index in [4.69, 9.17) is 0 Å². The second-order valence-corrected chi connectivity index (χ2v) is 9.01. The van der Waals surface area contributed by atoms with E-state index < -0.39 is 10.0 Å². The molecule has 0 saturated heterocycles. The zero-order valence-electron chi connectivity index (χ0n) is 15.1. The normalized spacial score (nSPS) is 11.5. The largest absolute Gasteiger partial charge is 0.263 e. The quantitative estimate of drug-likeness (QED) is 0.427. The molecule has 0 unspecified atom stereocenters. The number of halogens is 1. The Labute approximate surface area is 172 Å².